The third-order valence-corrected chi connectivity index (χ3v) is 6.60. The first kappa shape index (κ1) is 21.1. The van der Waals surface area contributed by atoms with Crippen molar-refractivity contribution in [1.82, 2.24) is 14.5 Å². The highest BCUT2D eigenvalue weighted by atomic mass is 32.2. The van der Waals surface area contributed by atoms with E-state index in [0.717, 1.165) is 28.2 Å². The zero-order chi connectivity index (χ0) is 21.8. The van der Waals surface area contributed by atoms with Gasteiger partial charge in [-0.2, -0.15) is 5.26 Å². The van der Waals surface area contributed by atoms with Crippen molar-refractivity contribution in [2.45, 2.75) is 24.9 Å². The highest BCUT2D eigenvalue weighted by Crippen LogP contribution is 2.30. The number of thiazole rings is 1. The molecule has 1 unspecified atom stereocenters. The molecule has 6 nitrogen and oxygen atoms in total. The summed E-state index contributed by atoms with van der Waals surface area (Å²) in [6.45, 7) is 4.41. The largest absolute Gasteiger partial charge is 0.494 e. The minimum absolute atomic E-state index is 0.136. The van der Waals surface area contributed by atoms with Gasteiger partial charge in [-0.05, 0) is 50.2 Å². The van der Waals surface area contributed by atoms with E-state index in [1.807, 2.05) is 72.3 Å². The number of carbonyl (C=O) groups is 1. The Balaban J connectivity index is 1.62. The number of ketones is 1. The molecular weight excluding hydrogens is 428 g/mol. The van der Waals surface area contributed by atoms with Crippen molar-refractivity contribution in [1.29, 1.82) is 5.26 Å². The second kappa shape index (κ2) is 9.33. The predicted octanol–water partition coefficient (Wildman–Crippen LogP) is 5.16. The number of thioether (sulfide) groups is 1. The number of imidazole rings is 1. The number of hydrogen-bond acceptors (Lipinski definition) is 7. The summed E-state index contributed by atoms with van der Waals surface area (Å²) in [6, 6.07) is 17.7. The zero-order valence-corrected chi connectivity index (χ0v) is 18.7. The minimum Gasteiger partial charge on any atom is -0.494 e. The van der Waals surface area contributed by atoms with Gasteiger partial charge in [-0.25, -0.2) is 9.97 Å². The fourth-order valence-corrected chi connectivity index (χ4v) is 4.99. The molecule has 0 bridgehead atoms. The highest BCUT2D eigenvalue weighted by Gasteiger charge is 2.24. The Labute approximate surface area is 188 Å². The van der Waals surface area contributed by atoms with Crippen molar-refractivity contribution >= 4 is 39.9 Å². The number of aromatic nitrogens is 3. The van der Waals surface area contributed by atoms with Crippen molar-refractivity contribution in [3.63, 3.8) is 0 Å². The molecule has 0 radical (unpaired) electrons. The summed E-state index contributed by atoms with van der Waals surface area (Å²) in [5.74, 6) is -0.0886. The van der Waals surface area contributed by atoms with Crippen LogP contribution in [0.4, 0.5) is 0 Å². The average molecular weight is 449 g/mol. The lowest BCUT2D eigenvalue weighted by Gasteiger charge is -2.11. The van der Waals surface area contributed by atoms with Crippen LogP contribution >= 0.6 is 23.1 Å². The molecule has 156 valence electrons. The van der Waals surface area contributed by atoms with Gasteiger partial charge in [-0.1, -0.05) is 23.9 Å². The third-order valence-electron chi connectivity index (χ3n) is 4.61. The van der Waals surface area contributed by atoms with Crippen LogP contribution in [0.15, 0.2) is 59.1 Å². The van der Waals surface area contributed by atoms with Gasteiger partial charge >= 0.3 is 0 Å². The summed E-state index contributed by atoms with van der Waals surface area (Å²) in [7, 11) is 0. The summed E-state index contributed by atoms with van der Waals surface area (Å²) in [5, 5.41) is 12.6. The molecule has 2 aromatic carbocycles. The maximum absolute atomic E-state index is 12.8. The number of aryl methyl sites for hydroxylation is 1. The highest BCUT2D eigenvalue weighted by molar-refractivity contribution is 7.99. The maximum Gasteiger partial charge on any atom is 0.174 e. The quantitative estimate of drug-likeness (QED) is 0.347. The van der Waals surface area contributed by atoms with Crippen LogP contribution in [0.2, 0.25) is 0 Å². The number of para-hydroxylation sites is 2. The molecule has 4 aromatic rings. The van der Waals surface area contributed by atoms with E-state index in [1.54, 1.807) is 0 Å². The number of ether oxygens (including phenoxy) is 1. The molecule has 4 rings (SSSR count). The van der Waals surface area contributed by atoms with Gasteiger partial charge in [0.15, 0.2) is 16.9 Å². The molecule has 0 fully saturated rings. The number of benzene rings is 2. The van der Waals surface area contributed by atoms with Crippen LogP contribution in [-0.2, 0) is 4.79 Å². The average Bonchev–Trinajstić information content (AvgIpc) is 3.37. The molecule has 0 amide bonds. The van der Waals surface area contributed by atoms with Gasteiger partial charge in [0.1, 0.15) is 10.8 Å². The van der Waals surface area contributed by atoms with Crippen LogP contribution in [0, 0.1) is 18.3 Å². The predicted molar refractivity (Wildman–Crippen MR) is 123 cm³/mol. The Morgan fingerprint density at radius 2 is 2.00 bits per heavy atom. The van der Waals surface area contributed by atoms with Gasteiger partial charge in [-0.15, -0.1) is 11.3 Å². The lowest BCUT2D eigenvalue weighted by Crippen LogP contribution is -2.13. The Morgan fingerprint density at radius 3 is 2.68 bits per heavy atom. The Bertz CT molecular complexity index is 1250. The number of hydrogen-bond donors (Lipinski definition) is 0. The lowest BCUT2D eigenvalue weighted by atomic mass is 10.1. The number of carbonyl (C=O) groups excluding carboxylic acids is 1. The van der Waals surface area contributed by atoms with Crippen LogP contribution in [0.5, 0.6) is 5.75 Å². The molecule has 2 aromatic heterocycles. The molecule has 0 aliphatic rings. The molecule has 0 N–H and O–H groups in total. The van der Waals surface area contributed by atoms with E-state index in [4.69, 9.17) is 9.72 Å². The second-order valence-corrected chi connectivity index (χ2v) is 8.62. The minimum atomic E-state index is -0.852. The molecule has 1 atom stereocenters. The molecule has 0 saturated heterocycles. The Hall–Kier alpha value is -3.15. The van der Waals surface area contributed by atoms with E-state index in [-0.39, 0.29) is 11.5 Å². The topological polar surface area (TPSA) is 80.8 Å². The number of nitrogens with zero attached hydrogens (tertiary/aromatic N) is 4. The molecule has 8 heteroatoms. The van der Waals surface area contributed by atoms with E-state index in [9.17, 15) is 10.1 Å². The van der Waals surface area contributed by atoms with Crippen LogP contribution < -0.4 is 4.74 Å². The van der Waals surface area contributed by atoms with Gasteiger partial charge in [0.05, 0.1) is 29.5 Å². The number of fused-ring (bicyclic) bond motifs is 1. The molecule has 0 spiro atoms. The fourth-order valence-electron chi connectivity index (χ4n) is 3.20. The summed E-state index contributed by atoms with van der Waals surface area (Å²) in [6.07, 6.45) is 0. The van der Waals surface area contributed by atoms with E-state index >= 15 is 0 Å². The fraction of sp³-hybridized carbons (Fsp3) is 0.217. The first-order valence-electron chi connectivity index (χ1n) is 9.78. The molecule has 2 heterocycles. The maximum atomic E-state index is 12.8. The summed E-state index contributed by atoms with van der Waals surface area (Å²) in [4.78, 5) is 21.8. The van der Waals surface area contributed by atoms with Gasteiger partial charge in [-0.3, -0.25) is 9.36 Å². The molecule has 0 aliphatic heterocycles. The van der Waals surface area contributed by atoms with Crippen LogP contribution in [0.25, 0.3) is 16.7 Å². The SMILES string of the molecule is CCOc1ccc(-n2c(SCC(=O)C(C#N)c3nc(C)cs3)nc3ccccc32)cc1. The van der Waals surface area contributed by atoms with Crippen LogP contribution in [-0.4, -0.2) is 32.7 Å². The van der Waals surface area contributed by atoms with E-state index in [2.05, 4.69) is 11.1 Å². The van der Waals surface area contributed by atoms with Gasteiger partial charge in [0.25, 0.3) is 0 Å². The van der Waals surface area contributed by atoms with Crippen LogP contribution in [0.1, 0.15) is 23.5 Å². The van der Waals surface area contributed by atoms with Gasteiger partial charge < -0.3 is 4.74 Å². The number of nitriles is 1. The van der Waals surface area contributed by atoms with Crippen molar-refractivity contribution < 1.29 is 9.53 Å². The number of rotatable bonds is 8. The van der Waals surface area contributed by atoms with Crippen LogP contribution in [0.3, 0.4) is 0 Å². The van der Waals surface area contributed by atoms with E-state index in [0.29, 0.717) is 16.8 Å². The first-order valence-corrected chi connectivity index (χ1v) is 11.6. The normalized spacial score (nSPS) is 11.9. The lowest BCUT2D eigenvalue weighted by molar-refractivity contribution is -0.116. The van der Waals surface area contributed by atoms with Crippen molar-refractivity contribution in [3.05, 3.63) is 64.6 Å². The van der Waals surface area contributed by atoms with Crippen molar-refractivity contribution in [3.8, 4) is 17.5 Å². The first-order chi connectivity index (χ1) is 15.1. The molecule has 0 aliphatic carbocycles. The molecule has 0 saturated carbocycles. The van der Waals surface area contributed by atoms with Crippen molar-refractivity contribution in [2.75, 3.05) is 12.4 Å². The number of Topliss-reactive ketones (excluding diaryl/α,β-unsaturated/α-hetero) is 1. The summed E-state index contributed by atoms with van der Waals surface area (Å²) >= 11 is 2.68. The third kappa shape index (κ3) is 4.48. The summed E-state index contributed by atoms with van der Waals surface area (Å²) < 4.78 is 7.57. The Morgan fingerprint density at radius 1 is 1.23 bits per heavy atom. The molecule has 31 heavy (non-hydrogen) atoms. The van der Waals surface area contributed by atoms with E-state index < -0.39 is 5.92 Å². The summed E-state index contributed by atoms with van der Waals surface area (Å²) in [5.41, 5.74) is 3.55. The van der Waals surface area contributed by atoms with E-state index in [1.165, 1.54) is 23.1 Å². The molecular formula is C23H20N4O2S2. The van der Waals surface area contributed by atoms with Gasteiger partial charge in [0, 0.05) is 16.8 Å². The Kier molecular flexibility index (Phi) is 6.35. The smallest absolute Gasteiger partial charge is 0.174 e. The standard InChI is InChI=1S/C23H20N4O2S2/c1-3-29-17-10-8-16(9-11-17)27-20-7-5-4-6-19(20)26-23(27)31-14-21(28)18(12-24)22-25-15(2)13-30-22/h4-11,13,18H,3,14H2,1-2H3. The zero-order valence-electron chi connectivity index (χ0n) is 17.1. The second-order valence-electron chi connectivity index (χ2n) is 6.79. The van der Waals surface area contributed by atoms with Gasteiger partial charge in [0.2, 0.25) is 0 Å². The van der Waals surface area contributed by atoms with Crippen molar-refractivity contribution in [2.24, 2.45) is 0 Å². The monoisotopic (exact) mass is 448 g/mol.